The molecule has 0 saturated heterocycles. The predicted octanol–water partition coefficient (Wildman–Crippen LogP) is 1.49. The first kappa shape index (κ1) is 14.6. The number of pyridine rings is 1. The molecule has 3 N–H and O–H groups in total. The SMILES string of the molecule is CN(CCC(N)=O)Cc1cc(=O)c2cccc(Cl)c2[nH]1. The maximum Gasteiger partial charge on any atom is 0.218 e. The molecule has 0 atom stereocenters. The minimum Gasteiger partial charge on any atom is -0.370 e. The number of hydrogen-bond donors (Lipinski definition) is 2. The number of primary amides is 1. The molecule has 0 radical (unpaired) electrons. The summed E-state index contributed by atoms with van der Waals surface area (Å²) in [5.74, 6) is -0.341. The molecule has 0 saturated carbocycles. The molecule has 1 aromatic carbocycles. The number of aromatic nitrogens is 1. The van der Waals surface area contributed by atoms with E-state index in [9.17, 15) is 9.59 Å². The number of para-hydroxylation sites is 1. The molecule has 0 aliphatic heterocycles. The highest BCUT2D eigenvalue weighted by atomic mass is 35.5. The minimum absolute atomic E-state index is 0.0699. The topological polar surface area (TPSA) is 79.2 Å². The summed E-state index contributed by atoms with van der Waals surface area (Å²) < 4.78 is 0. The van der Waals surface area contributed by atoms with E-state index in [0.29, 0.717) is 29.0 Å². The van der Waals surface area contributed by atoms with Crippen LogP contribution in [0.15, 0.2) is 29.1 Å². The predicted molar refractivity (Wildman–Crippen MR) is 79.7 cm³/mol. The zero-order chi connectivity index (χ0) is 14.7. The van der Waals surface area contributed by atoms with Crippen molar-refractivity contribution in [3.63, 3.8) is 0 Å². The number of rotatable bonds is 5. The quantitative estimate of drug-likeness (QED) is 0.876. The Morgan fingerprint density at radius 3 is 2.90 bits per heavy atom. The molecule has 1 aromatic heterocycles. The number of carbonyl (C=O) groups is 1. The van der Waals surface area contributed by atoms with Gasteiger partial charge in [-0.15, -0.1) is 0 Å². The number of fused-ring (bicyclic) bond motifs is 1. The van der Waals surface area contributed by atoms with E-state index in [1.807, 2.05) is 11.9 Å². The average Bonchev–Trinajstić information content (AvgIpc) is 2.38. The Morgan fingerprint density at radius 1 is 1.45 bits per heavy atom. The third-order valence-electron chi connectivity index (χ3n) is 3.05. The van der Waals surface area contributed by atoms with Crippen LogP contribution in [0.2, 0.25) is 5.02 Å². The summed E-state index contributed by atoms with van der Waals surface area (Å²) in [4.78, 5) is 27.9. The van der Waals surface area contributed by atoms with E-state index in [-0.39, 0.29) is 17.8 Å². The van der Waals surface area contributed by atoms with Gasteiger partial charge in [-0.2, -0.15) is 0 Å². The van der Waals surface area contributed by atoms with Crippen molar-refractivity contribution >= 4 is 28.4 Å². The number of carbonyl (C=O) groups excluding carboxylic acids is 1. The van der Waals surface area contributed by atoms with Crippen LogP contribution >= 0.6 is 11.6 Å². The first-order valence-electron chi connectivity index (χ1n) is 6.24. The summed E-state index contributed by atoms with van der Waals surface area (Å²) in [5, 5.41) is 1.09. The highest BCUT2D eigenvalue weighted by molar-refractivity contribution is 6.35. The second kappa shape index (κ2) is 6.07. The van der Waals surface area contributed by atoms with E-state index in [2.05, 4.69) is 4.98 Å². The molecule has 5 nitrogen and oxygen atoms in total. The van der Waals surface area contributed by atoms with Crippen LogP contribution in [-0.4, -0.2) is 29.4 Å². The zero-order valence-corrected chi connectivity index (χ0v) is 11.9. The van der Waals surface area contributed by atoms with Crippen molar-refractivity contribution < 1.29 is 4.79 Å². The molecule has 1 amide bonds. The second-order valence-corrected chi connectivity index (χ2v) is 5.18. The standard InChI is InChI=1S/C14H16ClN3O2/c1-18(6-5-13(16)20)8-9-7-12(19)10-3-2-4-11(15)14(10)17-9/h2-4,7H,5-6,8H2,1H3,(H2,16,20)(H,17,19). The van der Waals surface area contributed by atoms with Gasteiger partial charge in [0.05, 0.1) is 10.5 Å². The van der Waals surface area contributed by atoms with Gasteiger partial charge in [0.15, 0.2) is 5.43 Å². The first-order valence-corrected chi connectivity index (χ1v) is 6.62. The van der Waals surface area contributed by atoms with Crippen LogP contribution in [0, 0.1) is 0 Å². The molecule has 6 heteroatoms. The normalized spacial score (nSPS) is 11.2. The third kappa shape index (κ3) is 3.37. The van der Waals surface area contributed by atoms with Crippen molar-refractivity contribution in [2.75, 3.05) is 13.6 Å². The highest BCUT2D eigenvalue weighted by Crippen LogP contribution is 2.19. The molecule has 0 bridgehead atoms. The van der Waals surface area contributed by atoms with Crippen molar-refractivity contribution in [3.05, 3.63) is 45.2 Å². The number of nitrogens with zero attached hydrogens (tertiary/aromatic N) is 1. The number of nitrogens with one attached hydrogen (secondary N) is 1. The number of halogens is 1. The number of nitrogens with two attached hydrogens (primary N) is 1. The second-order valence-electron chi connectivity index (χ2n) is 4.78. The smallest absolute Gasteiger partial charge is 0.218 e. The summed E-state index contributed by atoms with van der Waals surface area (Å²) in [7, 11) is 1.86. The van der Waals surface area contributed by atoms with Crippen LogP contribution in [0.5, 0.6) is 0 Å². The highest BCUT2D eigenvalue weighted by Gasteiger charge is 2.07. The molecular weight excluding hydrogens is 278 g/mol. The van der Waals surface area contributed by atoms with Crippen LogP contribution in [0.25, 0.3) is 10.9 Å². The Kier molecular flexibility index (Phi) is 4.42. The van der Waals surface area contributed by atoms with Crippen LogP contribution in [0.4, 0.5) is 0 Å². The van der Waals surface area contributed by atoms with Gasteiger partial charge in [-0.1, -0.05) is 17.7 Å². The lowest BCUT2D eigenvalue weighted by Crippen LogP contribution is -2.25. The summed E-state index contributed by atoms with van der Waals surface area (Å²) in [5.41, 5.74) is 6.43. The van der Waals surface area contributed by atoms with Crippen molar-refractivity contribution in [1.82, 2.24) is 9.88 Å². The lowest BCUT2D eigenvalue weighted by atomic mass is 10.2. The Hall–Kier alpha value is -1.85. The van der Waals surface area contributed by atoms with Gasteiger partial charge in [-0.25, -0.2) is 0 Å². The molecular formula is C14H16ClN3O2. The van der Waals surface area contributed by atoms with Crippen LogP contribution < -0.4 is 11.2 Å². The van der Waals surface area contributed by atoms with Gasteiger partial charge in [0.1, 0.15) is 0 Å². The minimum atomic E-state index is -0.341. The monoisotopic (exact) mass is 293 g/mol. The van der Waals surface area contributed by atoms with Crippen LogP contribution in [0.3, 0.4) is 0 Å². The van der Waals surface area contributed by atoms with Crippen molar-refractivity contribution in [1.29, 1.82) is 0 Å². The molecule has 2 rings (SSSR count). The maximum atomic E-state index is 12.0. The van der Waals surface area contributed by atoms with E-state index in [0.717, 1.165) is 5.69 Å². The van der Waals surface area contributed by atoms with E-state index in [1.54, 1.807) is 24.3 Å². The number of H-pyrrole nitrogens is 1. The first-order chi connectivity index (χ1) is 9.47. The van der Waals surface area contributed by atoms with Crippen molar-refractivity contribution in [3.8, 4) is 0 Å². The number of hydrogen-bond acceptors (Lipinski definition) is 3. The average molecular weight is 294 g/mol. The lowest BCUT2D eigenvalue weighted by molar-refractivity contribution is -0.118. The Labute approximate surface area is 121 Å². The summed E-state index contributed by atoms with van der Waals surface area (Å²) >= 11 is 6.10. The van der Waals surface area contributed by atoms with Gasteiger partial charge >= 0.3 is 0 Å². The molecule has 2 aromatic rings. The third-order valence-corrected chi connectivity index (χ3v) is 3.37. The number of benzene rings is 1. The maximum absolute atomic E-state index is 12.0. The van der Waals surface area contributed by atoms with Gasteiger partial charge in [-0.3, -0.25) is 9.59 Å². The fraction of sp³-hybridized carbons (Fsp3) is 0.286. The van der Waals surface area contributed by atoms with E-state index < -0.39 is 0 Å². The largest absolute Gasteiger partial charge is 0.370 e. The number of aromatic amines is 1. The van der Waals surface area contributed by atoms with Gasteiger partial charge in [0.25, 0.3) is 0 Å². The Morgan fingerprint density at radius 2 is 2.20 bits per heavy atom. The Balaban J connectivity index is 2.25. The van der Waals surface area contributed by atoms with Gasteiger partial charge in [0, 0.05) is 36.7 Å². The van der Waals surface area contributed by atoms with E-state index in [4.69, 9.17) is 17.3 Å². The molecule has 0 aliphatic carbocycles. The van der Waals surface area contributed by atoms with Crippen LogP contribution in [0.1, 0.15) is 12.1 Å². The summed E-state index contributed by atoms with van der Waals surface area (Å²) in [6.45, 7) is 1.06. The molecule has 106 valence electrons. The summed E-state index contributed by atoms with van der Waals surface area (Å²) in [6, 6.07) is 6.78. The van der Waals surface area contributed by atoms with Crippen LogP contribution in [-0.2, 0) is 11.3 Å². The van der Waals surface area contributed by atoms with Crippen molar-refractivity contribution in [2.24, 2.45) is 5.73 Å². The molecule has 0 aliphatic rings. The molecule has 0 fully saturated rings. The number of amides is 1. The fourth-order valence-corrected chi connectivity index (χ4v) is 2.27. The molecule has 0 unspecified atom stereocenters. The Bertz CT molecular complexity index is 696. The van der Waals surface area contributed by atoms with E-state index in [1.165, 1.54) is 0 Å². The fourth-order valence-electron chi connectivity index (χ4n) is 2.05. The van der Waals surface area contributed by atoms with Gasteiger partial charge < -0.3 is 15.6 Å². The van der Waals surface area contributed by atoms with Gasteiger partial charge in [0.2, 0.25) is 5.91 Å². The lowest BCUT2D eigenvalue weighted by Gasteiger charge is -2.16. The summed E-state index contributed by atoms with van der Waals surface area (Å²) in [6.07, 6.45) is 0.287. The molecule has 1 heterocycles. The van der Waals surface area contributed by atoms with Crippen molar-refractivity contribution in [2.45, 2.75) is 13.0 Å². The van der Waals surface area contributed by atoms with Gasteiger partial charge in [-0.05, 0) is 19.2 Å². The van der Waals surface area contributed by atoms with E-state index >= 15 is 0 Å². The molecule has 20 heavy (non-hydrogen) atoms. The zero-order valence-electron chi connectivity index (χ0n) is 11.1. The molecule has 0 spiro atoms.